The smallest absolute Gasteiger partial charge is 0.407 e. The minimum atomic E-state index is -3.84. The first-order valence-corrected chi connectivity index (χ1v) is 13.5. The molecule has 1 aromatic carbocycles. The number of ether oxygens (including phenoxy) is 1. The number of anilines is 2. The molecule has 0 saturated heterocycles. The summed E-state index contributed by atoms with van der Waals surface area (Å²) in [4.78, 5) is 21.1. The fraction of sp³-hybridized carbons (Fsp3) is 0.500. The summed E-state index contributed by atoms with van der Waals surface area (Å²) in [6.07, 6.45) is 6.72. The fourth-order valence-electron chi connectivity index (χ4n) is 4.38. The number of amides is 1. The molecule has 3 aromatic rings. The number of alkyl carbamates (subject to hydrolysis) is 1. The fourth-order valence-corrected chi connectivity index (χ4v) is 5.19. The largest absolute Gasteiger partial charge is 0.444 e. The number of carbonyl (C=O) groups is 1. The predicted molar refractivity (Wildman–Crippen MR) is 136 cm³/mol. The van der Waals surface area contributed by atoms with Gasteiger partial charge in [-0.2, -0.15) is 10.1 Å². The Bertz CT molecular complexity index is 1360. The Morgan fingerprint density at radius 2 is 1.92 bits per heavy atom. The summed E-state index contributed by atoms with van der Waals surface area (Å²) in [6.45, 7) is 7.95. The molecule has 1 amide bonds. The zero-order valence-corrected chi connectivity index (χ0v) is 21.8. The number of nitrogens with one attached hydrogen (secondary N) is 2. The number of fused-ring (bicyclic) bond motifs is 1. The third-order valence-electron chi connectivity index (χ3n) is 6.13. The van der Waals surface area contributed by atoms with Gasteiger partial charge in [-0.15, -0.1) is 0 Å². The van der Waals surface area contributed by atoms with Crippen LogP contribution in [0.15, 0.2) is 35.5 Å². The van der Waals surface area contributed by atoms with Crippen molar-refractivity contribution < 1.29 is 17.9 Å². The van der Waals surface area contributed by atoms with Crippen LogP contribution in [0.1, 0.15) is 52.0 Å². The van der Waals surface area contributed by atoms with Gasteiger partial charge in [0.15, 0.2) is 5.65 Å². The van der Waals surface area contributed by atoms with Crippen molar-refractivity contribution in [1.82, 2.24) is 25.1 Å². The summed E-state index contributed by atoms with van der Waals surface area (Å²) in [5, 5.41) is 16.7. The molecule has 2 aromatic heterocycles. The van der Waals surface area contributed by atoms with Gasteiger partial charge in [0, 0.05) is 24.5 Å². The minimum absolute atomic E-state index is 0.0513. The van der Waals surface area contributed by atoms with Crippen LogP contribution in [0, 0.1) is 12.8 Å². The Labute approximate surface area is 210 Å². The monoisotopic (exact) mass is 515 g/mol. The molecule has 4 rings (SSSR count). The van der Waals surface area contributed by atoms with Crippen molar-refractivity contribution >= 4 is 38.8 Å². The van der Waals surface area contributed by atoms with Crippen LogP contribution >= 0.6 is 0 Å². The van der Waals surface area contributed by atoms with E-state index >= 15 is 0 Å². The van der Waals surface area contributed by atoms with Gasteiger partial charge in [-0.05, 0) is 77.0 Å². The number of nitrogens with two attached hydrogens (primary N) is 1. The Morgan fingerprint density at radius 1 is 1.19 bits per heavy atom. The Balaban J connectivity index is 1.41. The van der Waals surface area contributed by atoms with Crippen molar-refractivity contribution in [3.05, 3.63) is 36.2 Å². The van der Waals surface area contributed by atoms with Gasteiger partial charge in [-0.3, -0.25) is 0 Å². The number of sulfonamides is 1. The van der Waals surface area contributed by atoms with Crippen molar-refractivity contribution in [2.45, 2.75) is 76.5 Å². The van der Waals surface area contributed by atoms with Crippen molar-refractivity contribution in [2.24, 2.45) is 11.1 Å². The quantitative estimate of drug-likeness (QED) is 0.450. The van der Waals surface area contributed by atoms with E-state index < -0.39 is 15.6 Å². The molecular weight excluding hydrogens is 482 g/mol. The molecular formula is C24H33N7O4S. The van der Waals surface area contributed by atoms with Gasteiger partial charge >= 0.3 is 6.09 Å². The van der Waals surface area contributed by atoms with Crippen LogP contribution in [0.3, 0.4) is 0 Å². The molecule has 0 aliphatic heterocycles. The number of hydrogen-bond donors (Lipinski definition) is 3. The van der Waals surface area contributed by atoms with Crippen LogP contribution in [-0.4, -0.2) is 45.9 Å². The number of carbonyl (C=O) groups excluding carboxylic acids is 1. The van der Waals surface area contributed by atoms with Crippen LogP contribution in [-0.2, 0) is 21.3 Å². The normalized spacial score (nSPS) is 18.7. The van der Waals surface area contributed by atoms with E-state index in [1.54, 1.807) is 31.5 Å². The van der Waals surface area contributed by atoms with Gasteiger partial charge < -0.3 is 15.4 Å². The minimum Gasteiger partial charge on any atom is -0.444 e. The first-order valence-electron chi connectivity index (χ1n) is 12.0. The molecule has 0 radical (unpaired) electrons. The standard InChI is InChI=1S/C24H33N7O4S/c1-15-5-8-19(11-20(15)36(25,33)34)28-22-26-12-17-13-27-31(21(17)30-22)14-16-6-9-18(10-7-16)29-23(32)35-24(2,3)4/h5,8,11-13,16,18H,6-7,9-10,14H2,1-4H3,(H,29,32)(H2,25,33,34)(H,26,28,30). The maximum atomic E-state index is 12.1. The summed E-state index contributed by atoms with van der Waals surface area (Å²) < 4.78 is 30.9. The summed E-state index contributed by atoms with van der Waals surface area (Å²) in [7, 11) is -3.84. The first kappa shape index (κ1) is 25.8. The number of hydrogen-bond acceptors (Lipinski definition) is 8. The lowest BCUT2D eigenvalue weighted by Crippen LogP contribution is -2.41. The molecule has 1 saturated carbocycles. The molecule has 0 spiro atoms. The second kappa shape index (κ2) is 10.0. The van der Waals surface area contributed by atoms with E-state index in [1.807, 2.05) is 25.5 Å². The third kappa shape index (κ3) is 6.49. The predicted octanol–water partition coefficient (Wildman–Crippen LogP) is 3.61. The summed E-state index contributed by atoms with van der Waals surface area (Å²) in [6, 6.07) is 5.01. The molecule has 2 heterocycles. The average molecular weight is 516 g/mol. The second-order valence-corrected chi connectivity index (χ2v) is 11.8. The molecule has 194 valence electrons. The Hall–Kier alpha value is -3.25. The zero-order valence-electron chi connectivity index (χ0n) is 21.0. The number of aryl methyl sites for hydroxylation is 1. The lowest BCUT2D eigenvalue weighted by atomic mass is 9.86. The number of benzene rings is 1. The van der Waals surface area contributed by atoms with Crippen LogP contribution < -0.4 is 15.8 Å². The van der Waals surface area contributed by atoms with Gasteiger partial charge in [0.2, 0.25) is 16.0 Å². The molecule has 0 unspecified atom stereocenters. The molecule has 0 bridgehead atoms. The summed E-state index contributed by atoms with van der Waals surface area (Å²) in [5.74, 6) is 0.740. The van der Waals surface area contributed by atoms with Crippen molar-refractivity contribution in [3.8, 4) is 0 Å². The topological polar surface area (TPSA) is 154 Å². The summed E-state index contributed by atoms with van der Waals surface area (Å²) in [5.41, 5.74) is 1.27. The van der Waals surface area contributed by atoms with Gasteiger partial charge in [0.1, 0.15) is 5.60 Å². The van der Waals surface area contributed by atoms with Crippen molar-refractivity contribution in [3.63, 3.8) is 0 Å². The number of rotatable bonds is 6. The van der Waals surface area contributed by atoms with E-state index in [9.17, 15) is 13.2 Å². The van der Waals surface area contributed by atoms with E-state index in [1.165, 1.54) is 6.07 Å². The third-order valence-corrected chi connectivity index (χ3v) is 7.18. The van der Waals surface area contributed by atoms with Gasteiger partial charge in [0.25, 0.3) is 0 Å². The van der Waals surface area contributed by atoms with Gasteiger partial charge in [-0.1, -0.05) is 6.07 Å². The first-order chi connectivity index (χ1) is 16.9. The highest BCUT2D eigenvalue weighted by atomic mass is 32.2. The maximum Gasteiger partial charge on any atom is 0.407 e. The SMILES string of the molecule is Cc1ccc(Nc2ncc3cnn(CC4CCC(NC(=O)OC(C)(C)C)CC4)c3n2)cc1S(N)(=O)=O. The van der Waals surface area contributed by atoms with E-state index in [4.69, 9.17) is 9.88 Å². The molecule has 4 N–H and O–H groups in total. The zero-order chi connectivity index (χ0) is 26.1. The van der Waals surface area contributed by atoms with E-state index in [0.717, 1.165) is 31.1 Å². The van der Waals surface area contributed by atoms with Crippen molar-refractivity contribution in [1.29, 1.82) is 0 Å². The highest BCUT2D eigenvalue weighted by Gasteiger charge is 2.25. The average Bonchev–Trinajstić information content (AvgIpc) is 3.16. The molecule has 12 heteroatoms. The molecule has 1 fully saturated rings. The van der Waals surface area contributed by atoms with Crippen LogP contribution in [0.25, 0.3) is 11.0 Å². The van der Waals surface area contributed by atoms with Crippen molar-refractivity contribution in [2.75, 3.05) is 5.32 Å². The van der Waals surface area contributed by atoms with E-state index in [2.05, 4.69) is 25.7 Å². The van der Waals surface area contributed by atoms with Crippen LogP contribution in [0.4, 0.5) is 16.4 Å². The number of aromatic nitrogens is 4. The Kier molecular flexibility index (Phi) is 7.19. The molecule has 1 aliphatic carbocycles. The lowest BCUT2D eigenvalue weighted by molar-refractivity contribution is 0.0486. The molecule has 11 nitrogen and oxygen atoms in total. The van der Waals surface area contributed by atoms with Gasteiger partial charge in [-0.25, -0.2) is 28.0 Å². The molecule has 1 aliphatic rings. The maximum absolute atomic E-state index is 12.1. The number of nitrogens with zero attached hydrogens (tertiary/aromatic N) is 4. The van der Waals surface area contributed by atoms with Crippen LogP contribution in [0.2, 0.25) is 0 Å². The van der Waals surface area contributed by atoms with Gasteiger partial charge in [0.05, 0.1) is 16.5 Å². The second-order valence-electron chi connectivity index (χ2n) is 10.3. The molecule has 36 heavy (non-hydrogen) atoms. The summed E-state index contributed by atoms with van der Waals surface area (Å²) >= 11 is 0. The molecule has 0 atom stereocenters. The number of primary sulfonamides is 1. The highest BCUT2D eigenvalue weighted by molar-refractivity contribution is 7.89. The Morgan fingerprint density at radius 3 is 2.58 bits per heavy atom. The highest BCUT2D eigenvalue weighted by Crippen LogP contribution is 2.27. The van der Waals surface area contributed by atoms with E-state index in [-0.39, 0.29) is 17.0 Å². The van der Waals surface area contributed by atoms with E-state index in [0.29, 0.717) is 35.3 Å². The van der Waals surface area contributed by atoms with Crippen LogP contribution in [0.5, 0.6) is 0 Å². The lowest BCUT2D eigenvalue weighted by Gasteiger charge is -2.30.